The second-order valence-corrected chi connectivity index (χ2v) is 10.2. The van der Waals surface area contributed by atoms with Gasteiger partial charge in [-0.25, -0.2) is 4.79 Å². The maximum atomic E-state index is 12.4. The van der Waals surface area contributed by atoms with Crippen molar-refractivity contribution in [3.05, 3.63) is 66.0 Å². The van der Waals surface area contributed by atoms with Crippen molar-refractivity contribution in [2.45, 2.75) is 51.4 Å². The highest BCUT2D eigenvalue weighted by molar-refractivity contribution is 7.99. The van der Waals surface area contributed by atoms with E-state index in [1.807, 2.05) is 52.8 Å². The van der Waals surface area contributed by atoms with Crippen molar-refractivity contribution in [2.24, 2.45) is 11.0 Å². The van der Waals surface area contributed by atoms with Crippen LogP contribution in [-0.2, 0) is 4.74 Å². The molecule has 172 valence electrons. The average Bonchev–Trinajstić information content (AvgIpc) is 3.20. The van der Waals surface area contributed by atoms with Gasteiger partial charge in [0.05, 0.1) is 11.8 Å². The van der Waals surface area contributed by atoms with Crippen LogP contribution in [0.15, 0.2) is 64.9 Å². The molecule has 0 fully saturated rings. The number of benzene rings is 2. The number of rotatable bonds is 5. The van der Waals surface area contributed by atoms with Gasteiger partial charge in [0.1, 0.15) is 5.60 Å². The minimum Gasteiger partial charge on any atom is -0.444 e. The van der Waals surface area contributed by atoms with Crippen molar-refractivity contribution in [1.29, 1.82) is 0 Å². The van der Waals surface area contributed by atoms with Crippen molar-refractivity contribution >= 4 is 23.6 Å². The third kappa shape index (κ3) is 5.45. The van der Waals surface area contributed by atoms with E-state index in [4.69, 9.17) is 9.84 Å². The number of alkyl carbamates (subject to hydrolysis) is 1. The molecule has 1 unspecified atom stereocenters. The Labute approximate surface area is 198 Å². The fourth-order valence-corrected chi connectivity index (χ4v) is 4.37. The Kier molecular flexibility index (Phi) is 6.56. The summed E-state index contributed by atoms with van der Waals surface area (Å²) in [5.74, 6) is 1.37. The van der Waals surface area contributed by atoms with Gasteiger partial charge in [0, 0.05) is 5.75 Å². The van der Waals surface area contributed by atoms with Crippen LogP contribution in [0.2, 0.25) is 0 Å². The molecule has 3 aromatic rings. The first-order valence-corrected chi connectivity index (χ1v) is 12.0. The molecular weight excluding hydrogens is 434 g/mol. The van der Waals surface area contributed by atoms with Gasteiger partial charge < -0.3 is 10.1 Å². The molecule has 1 aromatic heterocycles. The topological polar surface area (TPSA) is 81.4 Å². The summed E-state index contributed by atoms with van der Waals surface area (Å²) in [7, 11) is 0. The lowest BCUT2D eigenvalue weighted by atomic mass is 10.0. The Bertz CT molecular complexity index is 1150. The van der Waals surface area contributed by atoms with Gasteiger partial charge in [-0.15, -0.1) is 10.2 Å². The number of hydrogen-bond donors (Lipinski definition) is 1. The number of hydrogen-bond acceptors (Lipinski definition) is 6. The first-order valence-electron chi connectivity index (χ1n) is 11.0. The van der Waals surface area contributed by atoms with Crippen molar-refractivity contribution in [2.75, 3.05) is 5.75 Å². The predicted octanol–water partition coefficient (Wildman–Crippen LogP) is 5.53. The summed E-state index contributed by atoms with van der Waals surface area (Å²) in [4.78, 5) is 12.4. The third-order valence-electron chi connectivity index (χ3n) is 5.14. The Morgan fingerprint density at radius 3 is 2.27 bits per heavy atom. The zero-order valence-corrected chi connectivity index (χ0v) is 20.4. The fourth-order valence-electron chi connectivity index (χ4n) is 3.53. The quantitative estimate of drug-likeness (QED) is 0.538. The van der Waals surface area contributed by atoms with E-state index in [2.05, 4.69) is 51.9 Å². The van der Waals surface area contributed by atoms with Gasteiger partial charge in [-0.2, -0.15) is 9.78 Å². The second kappa shape index (κ2) is 9.39. The van der Waals surface area contributed by atoms with Gasteiger partial charge in [-0.1, -0.05) is 80.2 Å². The van der Waals surface area contributed by atoms with Gasteiger partial charge >= 0.3 is 6.09 Å². The molecule has 7 nitrogen and oxygen atoms in total. The number of thioether (sulfide) groups is 1. The first kappa shape index (κ1) is 23.0. The minimum atomic E-state index is -0.580. The average molecular weight is 464 g/mol. The standard InChI is InChI=1S/C25H29N5O2S/c1-16(2)21(26-24(31)32-25(3,4)5)22-27-28-23-30(22)29-20(15-33-23)19-13-11-18(12-14-19)17-9-7-6-8-10-17/h6-14,16,21H,15H2,1-5H3,(H,26,31). The maximum absolute atomic E-state index is 12.4. The Morgan fingerprint density at radius 2 is 1.64 bits per heavy atom. The molecule has 8 heteroatoms. The normalized spacial score (nSPS) is 14.4. The maximum Gasteiger partial charge on any atom is 0.408 e. The van der Waals surface area contributed by atoms with E-state index in [1.54, 1.807) is 16.4 Å². The fraction of sp³-hybridized carbons (Fsp3) is 0.360. The van der Waals surface area contributed by atoms with Gasteiger partial charge in [-0.3, -0.25) is 0 Å². The van der Waals surface area contributed by atoms with E-state index in [0.29, 0.717) is 16.7 Å². The zero-order valence-electron chi connectivity index (χ0n) is 19.6. The lowest BCUT2D eigenvalue weighted by Gasteiger charge is -2.25. The molecule has 1 amide bonds. The molecule has 1 aliphatic heterocycles. The number of amides is 1. The molecule has 4 rings (SSSR count). The first-order chi connectivity index (χ1) is 15.7. The highest BCUT2D eigenvalue weighted by atomic mass is 32.2. The molecule has 1 N–H and O–H groups in total. The van der Waals surface area contributed by atoms with Crippen LogP contribution in [-0.4, -0.2) is 38.0 Å². The number of aromatic nitrogens is 3. The van der Waals surface area contributed by atoms with Crippen LogP contribution in [0.1, 0.15) is 52.0 Å². The smallest absolute Gasteiger partial charge is 0.408 e. The SMILES string of the molecule is CC(C)C(NC(=O)OC(C)(C)C)c1nnc2n1N=C(c1ccc(-c3ccccc3)cc1)CS2. The molecule has 33 heavy (non-hydrogen) atoms. The number of nitrogens with one attached hydrogen (secondary N) is 1. The van der Waals surface area contributed by atoms with Crippen LogP contribution in [0.5, 0.6) is 0 Å². The lowest BCUT2D eigenvalue weighted by molar-refractivity contribution is 0.0485. The molecule has 2 aromatic carbocycles. The number of ether oxygens (including phenoxy) is 1. The van der Waals surface area contributed by atoms with E-state index < -0.39 is 11.7 Å². The predicted molar refractivity (Wildman–Crippen MR) is 132 cm³/mol. The van der Waals surface area contributed by atoms with Crippen molar-refractivity contribution < 1.29 is 9.53 Å². The molecule has 0 radical (unpaired) electrons. The second-order valence-electron chi connectivity index (χ2n) is 9.30. The number of fused-ring (bicyclic) bond motifs is 1. The molecule has 1 atom stereocenters. The summed E-state index contributed by atoms with van der Waals surface area (Å²) in [6, 6.07) is 18.3. The van der Waals surface area contributed by atoms with Crippen LogP contribution >= 0.6 is 11.8 Å². The van der Waals surface area contributed by atoms with E-state index in [0.717, 1.165) is 16.8 Å². The van der Waals surface area contributed by atoms with Gasteiger partial charge in [0.2, 0.25) is 5.16 Å². The van der Waals surface area contributed by atoms with Crippen LogP contribution in [0.4, 0.5) is 4.79 Å². The number of nitrogens with zero attached hydrogens (tertiary/aromatic N) is 4. The zero-order chi connectivity index (χ0) is 23.6. The molecule has 0 bridgehead atoms. The third-order valence-corrected chi connectivity index (χ3v) is 6.07. The highest BCUT2D eigenvalue weighted by Gasteiger charge is 2.30. The summed E-state index contributed by atoms with van der Waals surface area (Å²) in [6.07, 6.45) is -0.484. The van der Waals surface area contributed by atoms with Crippen molar-refractivity contribution in [3.8, 4) is 11.1 Å². The summed E-state index contributed by atoms with van der Waals surface area (Å²) >= 11 is 1.59. The van der Waals surface area contributed by atoms with Crippen molar-refractivity contribution in [1.82, 2.24) is 20.2 Å². The molecule has 0 saturated heterocycles. The summed E-state index contributed by atoms with van der Waals surface area (Å²) < 4.78 is 7.20. The van der Waals surface area contributed by atoms with Crippen LogP contribution < -0.4 is 5.32 Å². The monoisotopic (exact) mass is 463 g/mol. The van der Waals surface area contributed by atoms with Gasteiger partial charge in [-0.05, 0) is 43.4 Å². The minimum absolute atomic E-state index is 0.0709. The van der Waals surface area contributed by atoms with Gasteiger partial charge in [0.25, 0.3) is 0 Å². The van der Waals surface area contributed by atoms with E-state index in [-0.39, 0.29) is 12.0 Å². The Balaban J connectivity index is 1.60. The van der Waals surface area contributed by atoms with E-state index in [1.165, 1.54) is 5.56 Å². The van der Waals surface area contributed by atoms with Crippen LogP contribution in [0, 0.1) is 5.92 Å². The van der Waals surface area contributed by atoms with Crippen molar-refractivity contribution in [3.63, 3.8) is 0 Å². The summed E-state index contributed by atoms with van der Waals surface area (Å²) in [5.41, 5.74) is 3.75. The molecule has 0 saturated carbocycles. The Morgan fingerprint density at radius 1 is 1.00 bits per heavy atom. The molecule has 2 heterocycles. The summed E-state index contributed by atoms with van der Waals surface area (Å²) in [5, 5.41) is 17.2. The lowest BCUT2D eigenvalue weighted by Crippen LogP contribution is -2.38. The summed E-state index contributed by atoms with van der Waals surface area (Å²) in [6.45, 7) is 9.56. The molecule has 0 spiro atoms. The highest BCUT2D eigenvalue weighted by Crippen LogP contribution is 2.29. The Hall–Kier alpha value is -3.13. The van der Waals surface area contributed by atoms with E-state index in [9.17, 15) is 4.79 Å². The molecule has 1 aliphatic rings. The van der Waals surface area contributed by atoms with Crippen LogP contribution in [0.25, 0.3) is 11.1 Å². The largest absolute Gasteiger partial charge is 0.444 e. The van der Waals surface area contributed by atoms with Gasteiger partial charge in [0.15, 0.2) is 5.82 Å². The number of carbonyl (C=O) groups excluding carboxylic acids is 1. The van der Waals surface area contributed by atoms with E-state index >= 15 is 0 Å². The molecular formula is C25H29N5O2S. The van der Waals surface area contributed by atoms with Crippen LogP contribution in [0.3, 0.4) is 0 Å². The number of carbonyl (C=O) groups is 1. The molecule has 0 aliphatic carbocycles.